The molecule has 2 N–H and O–H groups in total. The lowest BCUT2D eigenvalue weighted by molar-refractivity contribution is 0.0952. The Bertz CT molecular complexity index is 1310. The highest BCUT2D eigenvalue weighted by molar-refractivity contribution is 6.06. The van der Waals surface area contributed by atoms with Gasteiger partial charge in [0.05, 0.1) is 18.2 Å². The van der Waals surface area contributed by atoms with Crippen molar-refractivity contribution >= 4 is 27.7 Å². The van der Waals surface area contributed by atoms with Gasteiger partial charge in [0.2, 0.25) is 0 Å². The van der Waals surface area contributed by atoms with Crippen molar-refractivity contribution < 1.29 is 13.9 Å². The number of carbonyl (C=O) groups excluding carboxylic acids is 1. The number of likely N-dealkylation sites (tertiary alicyclic amines) is 1. The molecule has 1 aliphatic rings. The first-order chi connectivity index (χ1) is 16.6. The second-order valence-corrected chi connectivity index (χ2v) is 8.90. The fourth-order valence-corrected chi connectivity index (χ4v) is 4.98. The smallest absolute Gasteiger partial charge is 0.252 e. The highest BCUT2D eigenvalue weighted by Gasteiger charge is 2.22. The number of benzene rings is 2. The number of carbonyl (C=O) groups is 1. The Balaban J connectivity index is 1.11. The molecule has 0 bridgehead atoms. The summed E-state index contributed by atoms with van der Waals surface area (Å²) in [6.07, 6.45) is 6.77. The van der Waals surface area contributed by atoms with Crippen LogP contribution >= 0.6 is 0 Å². The van der Waals surface area contributed by atoms with Gasteiger partial charge in [0.15, 0.2) is 0 Å². The molecular weight excluding hydrogens is 431 g/mol. The number of halogens is 1. The SMILES string of the molecule is COc1ccc2nccc(C(=O)NCCCN3CCC(c4c[nH]c5cc(F)ccc45)CC3)c2c1. The van der Waals surface area contributed by atoms with Gasteiger partial charge < -0.3 is 19.9 Å². The van der Waals surface area contributed by atoms with E-state index in [1.54, 1.807) is 25.4 Å². The zero-order valence-electron chi connectivity index (χ0n) is 19.3. The quantitative estimate of drug-likeness (QED) is 0.386. The summed E-state index contributed by atoms with van der Waals surface area (Å²) in [5, 5.41) is 4.98. The zero-order valence-corrected chi connectivity index (χ0v) is 19.3. The van der Waals surface area contributed by atoms with E-state index in [4.69, 9.17) is 4.74 Å². The van der Waals surface area contributed by atoms with Crippen molar-refractivity contribution in [1.82, 2.24) is 20.2 Å². The number of fused-ring (bicyclic) bond motifs is 2. The van der Waals surface area contributed by atoms with Crippen LogP contribution in [-0.4, -0.2) is 54.1 Å². The van der Waals surface area contributed by atoms with Gasteiger partial charge in [0, 0.05) is 35.2 Å². The van der Waals surface area contributed by atoms with Gasteiger partial charge in [-0.25, -0.2) is 4.39 Å². The van der Waals surface area contributed by atoms with Crippen LogP contribution in [0.25, 0.3) is 21.8 Å². The fraction of sp³-hybridized carbons (Fsp3) is 0.333. The number of ether oxygens (including phenoxy) is 1. The summed E-state index contributed by atoms with van der Waals surface area (Å²) in [4.78, 5) is 22.8. The Morgan fingerprint density at radius 2 is 2.03 bits per heavy atom. The number of nitrogens with zero attached hydrogens (tertiary/aromatic N) is 2. The summed E-state index contributed by atoms with van der Waals surface area (Å²) >= 11 is 0. The monoisotopic (exact) mass is 460 g/mol. The van der Waals surface area contributed by atoms with Gasteiger partial charge in [0.1, 0.15) is 11.6 Å². The Morgan fingerprint density at radius 3 is 2.85 bits per heavy atom. The molecule has 7 heteroatoms. The minimum Gasteiger partial charge on any atom is -0.497 e. The van der Waals surface area contributed by atoms with E-state index < -0.39 is 0 Å². The van der Waals surface area contributed by atoms with Crippen LogP contribution in [0.4, 0.5) is 4.39 Å². The van der Waals surface area contributed by atoms with Crippen LogP contribution in [0.15, 0.2) is 54.9 Å². The van der Waals surface area contributed by atoms with Crippen LogP contribution < -0.4 is 10.1 Å². The molecule has 0 radical (unpaired) electrons. The maximum Gasteiger partial charge on any atom is 0.252 e. The molecule has 1 saturated heterocycles. The topological polar surface area (TPSA) is 70.2 Å². The Hall–Kier alpha value is -3.45. The van der Waals surface area contributed by atoms with Gasteiger partial charge in [-0.3, -0.25) is 9.78 Å². The molecule has 0 unspecified atom stereocenters. The van der Waals surface area contributed by atoms with Crippen molar-refractivity contribution in [3.05, 3.63) is 71.8 Å². The van der Waals surface area contributed by atoms with Gasteiger partial charge >= 0.3 is 0 Å². The molecule has 4 aromatic rings. The number of methoxy groups -OCH3 is 1. The third kappa shape index (κ3) is 4.61. The Labute approximate surface area is 198 Å². The molecule has 0 spiro atoms. The molecule has 1 fully saturated rings. The van der Waals surface area contributed by atoms with Crippen molar-refractivity contribution in [2.75, 3.05) is 33.3 Å². The average molecular weight is 461 g/mol. The van der Waals surface area contributed by atoms with E-state index in [1.807, 2.05) is 30.5 Å². The van der Waals surface area contributed by atoms with E-state index in [0.29, 0.717) is 23.8 Å². The van der Waals surface area contributed by atoms with Crippen LogP contribution in [0.5, 0.6) is 5.75 Å². The standard InChI is InChI=1S/C27H29FN4O2/c1-34-20-4-6-25-23(16-20)22(7-11-29-25)27(33)30-10-2-12-32-13-8-18(9-14-32)24-17-31-26-15-19(28)3-5-21(24)26/h3-7,11,15-18,31H,2,8-10,12-14H2,1H3,(H,30,33). The first-order valence-electron chi connectivity index (χ1n) is 11.8. The second-order valence-electron chi connectivity index (χ2n) is 8.90. The second kappa shape index (κ2) is 9.81. The highest BCUT2D eigenvalue weighted by atomic mass is 19.1. The molecule has 2 aromatic carbocycles. The number of piperidine rings is 1. The third-order valence-electron chi connectivity index (χ3n) is 6.83. The van der Waals surface area contributed by atoms with Crippen molar-refractivity contribution in [1.29, 1.82) is 0 Å². The van der Waals surface area contributed by atoms with E-state index in [9.17, 15) is 9.18 Å². The predicted octanol–water partition coefficient (Wildman–Crippen LogP) is 4.86. The van der Waals surface area contributed by atoms with Gasteiger partial charge in [-0.2, -0.15) is 0 Å². The lowest BCUT2D eigenvalue weighted by Crippen LogP contribution is -2.35. The van der Waals surface area contributed by atoms with Crippen molar-refractivity contribution in [3.63, 3.8) is 0 Å². The average Bonchev–Trinajstić information content (AvgIpc) is 3.29. The number of H-pyrrole nitrogens is 1. The first-order valence-corrected chi connectivity index (χ1v) is 11.8. The lowest BCUT2D eigenvalue weighted by Gasteiger charge is -2.32. The van der Waals surface area contributed by atoms with Crippen molar-refractivity contribution in [3.8, 4) is 5.75 Å². The number of nitrogens with one attached hydrogen (secondary N) is 2. The molecule has 34 heavy (non-hydrogen) atoms. The van der Waals surface area contributed by atoms with Gasteiger partial charge in [-0.1, -0.05) is 0 Å². The summed E-state index contributed by atoms with van der Waals surface area (Å²) in [6, 6.07) is 12.3. The number of aromatic amines is 1. The first kappa shape index (κ1) is 22.3. The number of amides is 1. The van der Waals surface area contributed by atoms with Crippen LogP contribution in [-0.2, 0) is 0 Å². The molecule has 0 aliphatic carbocycles. The van der Waals surface area contributed by atoms with Crippen LogP contribution in [0, 0.1) is 5.82 Å². The third-order valence-corrected chi connectivity index (χ3v) is 6.83. The molecule has 1 aliphatic heterocycles. The predicted molar refractivity (Wildman–Crippen MR) is 132 cm³/mol. The van der Waals surface area contributed by atoms with Crippen LogP contribution in [0.2, 0.25) is 0 Å². The molecule has 5 rings (SSSR count). The van der Waals surface area contributed by atoms with Crippen molar-refractivity contribution in [2.24, 2.45) is 0 Å². The molecule has 2 aromatic heterocycles. The van der Waals surface area contributed by atoms with Crippen LogP contribution in [0.1, 0.15) is 41.1 Å². The summed E-state index contributed by atoms with van der Waals surface area (Å²) < 4.78 is 18.8. The van der Waals surface area contributed by atoms with E-state index in [-0.39, 0.29) is 11.7 Å². The normalized spacial score (nSPS) is 15.1. The summed E-state index contributed by atoms with van der Waals surface area (Å²) in [7, 11) is 1.61. The summed E-state index contributed by atoms with van der Waals surface area (Å²) in [6.45, 7) is 3.64. The minimum absolute atomic E-state index is 0.0878. The molecule has 176 valence electrons. The molecular formula is C27H29FN4O2. The molecule has 0 atom stereocenters. The molecule has 3 heterocycles. The van der Waals surface area contributed by atoms with Gasteiger partial charge in [-0.05, 0) is 92.8 Å². The number of aromatic nitrogens is 2. The molecule has 1 amide bonds. The number of pyridine rings is 1. The molecule has 0 saturated carbocycles. The number of hydrogen-bond acceptors (Lipinski definition) is 4. The maximum absolute atomic E-state index is 13.5. The van der Waals surface area contributed by atoms with Gasteiger partial charge in [0.25, 0.3) is 5.91 Å². The number of hydrogen-bond donors (Lipinski definition) is 2. The van der Waals surface area contributed by atoms with E-state index in [0.717, 1.165) is 60.7 Å². The van der Waals surface area contributed by atoms with Crippen molar-refractivity contribution in [2.45, 2.75) is 25.2 Å². The number of rotatable bonds is 7. The minimum atomic E-state index is -0.209. The molecule has 6 nitrogen and oxygen atoms in total. The van der Waals surface area contributed by atoms with E-state index in [1.165, 1.54) is 11.6 Å². The maximum atomic E-state index is 13.5. The summed E-state index contributed by atoms with van der Waals surface area (Å²) in [5.41, 5.74) is 3.55. The van der Waals surface area contributed by atoms with E-state index >= 15 is 0 Å². The Morgan fingerprint density at radius 1 is 1.18 bits per heavy atom. The van der Waals surface area contributed by atoms with Gasteiger partial charge in [-0.15, -0.1) is 0 Å². The highest BCUT2D eigenvalue weighted by Crippen LogP contribution is 2.33. The van der Waals surface area contributed by atoms with Crippen LogP contribution in [0.3, 0.4) is 0 Å². The zero-order chi connectivity index (χ0) is 23.5. The fourth-order valence-electron chi connectivity index (χ4n) is 4.98. The largest absolute Gasteiger partial charge is 0.497 e. The summed E-state index contributed by atoms with van der Waals surface area (Å²) in [5.74, 6) is 0.902. The Kier molecular flexibility index (Phi) is 6.45. The lowest BCUT2D eigenvalue weighted by atomic mass is 9.89. The van der Waals surface area contributed by atoms with E-state index in [2.05, 4.69) is 20.2 Å².